The molecule has 6 heteroatoms. The number of aromatic nitrogens is 2. The molecule has 0 fully saturated rings. The average molecular weight is 374 g/mol. The van der Waals surface area contributed by atoms with Crippen LogP contribution < -0.4 is 11.2 Å². The predicted molar refractivity (Wildman–Crippen MR) is 108 cm³/mol. The number of primary amides is 1. The van der Waals surface area contributed by atoms with Gasteiger partial charge in [0.05, 0.1) is 5.39 Å². The van der Waals surface area contributed by atoms with Crippen LogP contribution in [0.2, 0.25) is 5.02 Å². The molecule has 2 aromatic heterocycles. The zero-order valence-electron chi connectivity index (χ0n) is 15.7. The van der Waals surface area contributed by atoms with Gasteiger partial charge in [0.2, 0.25) is 5.43 Å². The number of halogens is 1. The molecule has 1 amide bonds. The van der Waals surface area contributed by atoms with Crippen molar-refractivity contribution in [1.29, 1.82) is 0 Å². The van der Waals surface area contributed by atoms with Crippen LogP contribution in [0.3, 0.4) is 0 Å². The van der Waals surface area contributed by atoms with Crippen LogP contribution in [-0.2, 0) is 0 Å². The first-order chi connectivity index (χ1) is 12.3. The Morgan fingerprint density at radius 3 is 2.19 bits per heavy atom. The largest absolute Gasteiger partial charge is 0.365 e. The van der Waals surface area contributed by atoms with Crippen molar-refractivity contribution in [2.75, 3.05) is 0 Å². The molecule has 138 valence electrons. The minimum atomic E-state index is -0.735. The molecule has 0 aliphatic rings. The number of fused-ring (bicyclic) bond motifs is 1. The number of amides is 1. The molecule has 0 atom stereocenters. The summed E-state index contributed by atoms with van der Waals surface area (Å²) in [5.74, 6) is -0.735. The zero-order chi connectivity index (χ0) is 19.9. The van der Waals surface area contributed by atoms with Crippen molar-refractivity contribution in [2.24, 2.45) is 5.73 Å². The SMILES string of the molecule is CC.Cc1cc2c(=O)c(C(N)=O)c[nH]c2nc1C.Cc1ccc(Cl)cc1. The molecule has 26 heavy (non-hydrogen) atoms. The summed E-state index contributed by atoms with van der Waals surface area (Å²) in [7, 11) is 0. The number of nitrogens with one attached hydrogen (secondary N) is 1. The Kier molecular flexibility index (Phi) is 8.00. The minimum absolute atomic E-state index is 0.0439. The summed E-state index contributed by atoms with van der Waals surface area (Å²) in [5, 5.41) is 1.19. The normalized spacial score (nSPS) is 9.62. The van der Waals surface area contributed by atoms with Gasteiger partial charge in [-0.25, -0.2) is 4.98 Å². The third-order valence-corrected chi connectivity index (χ3v) is 3.84. The third kappa shape index (κ3) is 5.43. The van der Waals surface area contributed by atoms with E-state index in [1.54, 1.807) is 6.07 Å². The molecule has 0 bridgehead atoms. The number of pyridine rings is 2. The van der Waals surface area contributed by atoms with Crippen LogP contribution in [0.5, 0.6) is 0 Å². The number of benzene rings is 1. The standard InChI is InChI=1S/C11H11N3O2.C7H7Cl.C2H6/c1-5-3-7-9(15)8(10(12)16)4-13-11(7)14-6(5)2;1-6-2-4-7(8)5-3-6;1-2/h3-4H,1-2H3,(H2,12,16)(H,13,14,15);2-5H,1H3;1-2H3. The maximum atomic E-state index is 11.9. The molecule has 3 aromatic rings. The molecule has 0 saturated carbocycles. The highest BCUT2D eigenvalue weighted by atomic mass is 35.5. The molecular weight excluding hydrogens is 350 g/mol. The molecule has 0 unspecified atom stereocenters. The Balaban J connectivity index is 0.000000284. The molecule has 0 saturated heterocycles. The topological polar surface area (TPSA) is 88.8 Å². The van der Waals surface area contributed by atoms with E-state index in [1.807, 2.05) is 58.9 Å². The van der Waals surface area contributed by atoms with Crippen LogP contribution in [0.25, 0.3) is 11.0 Å². The van der Waals surface area contributed by atoms with Crippen molar-refractivity contribution in [3.8, 4) is 0 Å². The first kappa shape index (κ1) is 21.4. The summed E-state index contributed by atoms with van der Waals surface area (Å²) in [6.07, 6.45) is 1.30. The molecular formula is C20H24ClN3O2. The highest BCUT2D eigenvalue weighted by Crippen LogP contribution is 2.11. The fourth-order valence-corrected chi connectivity index (χ4v) is 2.18. The Bertz CT molecular complexity index is 927. The summed E-state index contributed by atoms with van der Waals surface area (Å²) < 4.78 is 0. The van der Waals surface area contributed by atoms with Gasteiger partial charge < -0.3 is 10.7 Å². The van der Waals surface area contributed by atoms with Crippen LogP contribution in [-0.4, -0.2) is 15.9 Å². The summed E-state index contributed by atoms with van der Waals surface area (Å²) in [6.45, 7) is 9.75. The van der Waals surface area contributed by atoms with E-state index in [9.17, 15) is 9.59 Å². The number of nitrogens with zero attached hydrogens (tertiary/aromatic N) is 1. The highest BCUT2D eigenvalue weighted by molar-refractivity contribution is 6.30. The van der Waals surface area contributed by atoms with E-state index in [1.165, 1.54) is 11.8 Å². The lowest BCUT2D eigenvalue weighted by atomic mass is 10.1. The molecule has 3 rings (SSSR count). The van der Waals surface area contributed by atoms with E-state index >= 15 is 0 Å². The monoisotopic (exact) mass is 373 g/mol. The van der Waals surface area contributed by atoms with Crippen LogP contribution >= 0.6 is 11.6 Å². The van der Waals surface area contributed by atoms with Crippen molar-refractivity contribution < 1.29 is 4.79 Å². The van der Waals surface area contributed by atoms with Crippen molar-refractivity contribution in [1.82, 2.24) is 9.97 Å². The van der Waals surface area contributed by atoms with Gasteiger partial charge in [-0.2, -0.15) is 0 Å². The van der Waals surface area contributed by atoms with Gasteiger partial charge in [-0.1, -0.05) is 43.1 Å². The Labute approximate surface area is 158 Å². The fourth-order valence-electron chi connectivity index (χ4n) is 2.06. The quantitative estimate of drug-likeness (QED) is 0.665. The zero-order valence-corrected chi connectivity index (χ0v) is 16.4. The molecule has 0 radical (unpaired) electrons. The number of hydrogen-bond donors (Lipinski definition) is 2. The number of hydrogen-bond acceptors (Lipinski definition) is 3. The maximum absolute atomic E-state index is 11.9. The number of aromatic amines is 1. The number of carbonyl (C=O) groups excluding carboxylic acids is 1. The molecule has 0 aliphatic heterocycles. The summed E-state index contributed by atoms with van der Waals surface area (Å²) in [4.78, 5) is 29.9. The maximum Gasteiger partial charge on any atom is 0.254 e. The van der Waals surface area contributed by atoms with Gasteiger partial charge in [0.1, 0.15) is 11.2 Å². The van der Waals surface area contributed by atoms with Crippen molar-refractivity contribution in [2.45, 2.75) is 34.6 Å². The van der Waals surface area contributed by atoms with Crippen LogP contribution in [0.15, 0.2) is 41.3 Å². The van der Waals surface area contributed by atoms with E-state index < -0.39 is 5.91 Å². The van der Waals surface area contributed by atoms with Crippen LogP contribution in [0.4, 0.5) is 0 Å². The Hall–Kier alpha value is -2.66. The molecule has 0 aliphatic carbocycles. The van der Waals surface area contributed by atoms with Gasteiger partial charge in [-0.3, -0.25) is 9.59 Å². The summed E-state index contributed by atoms with van der Waals surface area (Å²) in [6, 6.07) is 9.46. The summed E-state index contributed by atoms with van der Waals surface area (Å²) in [5.41, 5.74) is 8.13. The van der Waals surface area contributed by atoms with Gasteiger partial charge in [0.15, 0.2) is 0 Å². The highest BCUT2D eigenvalue weighted by Gasteiger charge is 2.11. The first-order valence-electron chi connectivity index (χ1n) is 8.31. The Morgan fingerprint density at radius 2 is 1.69 bits per heavy atom. The number of carbonyl (C=O) groups is 1. The van der Waals surface area contributed by atoms with Gasteiger partial charge in [-0.05, 0) is 44.5 Å². The van der Waals surface area contributed by atoms with Crippen LogP contribution in [0, 0.1) is 20.8 Å². The predicted octanol–water partition coefficient (Wildman–Crippen LogP) is 4.31. The van der Waals surface area contributed by atoms with Crippen molar-refractivity contribution >= 4 is 28.5 Å². The lowest BCUT2D eigenvalue weighted by Gasteiger charge is -2.03. The van der Waals surface area contributed by atoms with Gasteiger partial charge >= 0.3 is 0 Å². The lowest BCUT2D eigenvalue weighted by molar-refractivity contribution is 0.0999. The first-order valence-corrected chi connectivity index (χ1v) is 8.69. The lowest BCUT2D eigenvalue weighted by Crippen LogP contribution is -2.22. The Morgan fingerprint density at radius 1 is 1.12 bits per heavy atom. The van der Waals surface area contributed by atoms with E-state index in [-0.39, 0.29) is 11.0 Å². The molecule has 2 heterocycles. The van der Waals surface area contributed by atoms with Crippen molar-refractivity contribution in [3.05, 3.63) is 74.2 Å². The van der Waals surface area contributed by atoms with Crippen molar-refractivity contribution in [3.63, 3.8) is 0 Å². The molecule has 0 spiro atoms. The summed E-state index contributed by atoms with van der Waals surface area (Å²) >= 11 is 5.61. The number of nitrogens with two attached hydrogens (primary N) is 1. The van der Waals surface area contributed by atoms with Gasteiger partial charge in [0, 0.05) is 16.9 Å². The number of H-pyrrole nitrogens is 1. The van der Waals surface area contributed by atoms with Crippen LogP contribution in [0.1, 0.15) is 41.0 Å². The van der Waals surface area contributed by atoms with E-state index in [0.717, 1.165) is 16.3 Å². The van der Waals surface area contributed by atoms with Gasteiger partial charge in [0.25, 0.3) is 5.91 Å². The fraction of sp³-hybridized carbons (Fsp3) is 0.250. The molecule has 1 aromatic carbocycles. The average Bonchev–Trinajstić information content (AvgIpc) is 2.61. The van der Waals surface area contributed by atoms with E-state index in [4.69, 9.17) is 17.3 Å². The third-order valence-electron chi connectivity index (χ3n) is 3.58. The second-order valence-corrected chi connectivity index (χ2v) is 5.91. The number of aryl methyl sites for hydroxylation is 3. The smallest absolute Gasteiger partial charge is 0.254 e. The second-order valence-electron chi connectivity index (χ2n) is 5.48. The van der Waals surface area contributed by atoms with Gasteiger partial charge in [-0.15, -0.1) is 0 Å². The minimum Gasteiger partial charge on any atom is -0.365 e. The van der Waals surface area contributed by atoms with E-state index in [2.05, 4.69) is 9.97 Å². The number of rotatable bonds is 1. The second kappa shape index (κ2) is 9.73. The molecule has 5 nitrogen and oxygen atoms in total. The molecule has 3 N–H and O–H groups in total. The van der Waals surface area contributed by atoms with E-state index in [0.29, 0.717) is 11.0 Å².